The SMILES string of the molecule is CC1CN(S(=O)(=O)c2ccc(C(=O)N(C)Cc3ccc(Cl)c(Cl)c3)cc2)CC(C)O1. The van der Waals surface area contributed by atoms with Crippen LogP contribution in [0.15, 0.2) is 47.4 Å². The summed E-state index contributed by atoms with van der Waals surface area (Å²) < 4.78 is 32.9. The average Bonchev–Trinajstić information content (AvgIpc) is 2.69. The van der Waals surface area contributed by atoms with E-state index in [1.54, 1.807) is 25.2 Å². The van der Waals surface area contributed by atoms with Gasteiger partial charge in [0.2, 0.25) is 10.0 Å². The number of hydrogen-bond acceptors (Lipinski definition) is 4. The molecule has 1 fully saturated rings. The monoisotopic (exact) mass is 470 g/mol. The molecule has 0 spiro atoms. The molecule has 1 heterocycles. The zero-order chi connectivity index (χ0) is 22.1. The average molecular weight is 471 g/mol. The maximum absolute atomic E-state index is 12.9. The van der Waals surface area contributed by atoms with E-state index in [1.807, 2.05) is 13.8 Å². The Hall–Kier alpha value is -1.64. The van der Waals surface area contributed by atoms with Gasteiger partial charge in [0, 0.05) is 32.2 Å². The first kappa shape index (κ1) is 23.0. The molecule has 2 aromatic carbocycles. The molecular weight excluding hydrogens is 447 g/mol. The lowest BCUT2D eigenvalue weighted by molar-refractivity contribution is -0.0440. The minimum atomic E-state index is -3.65. The second-order valence-electron chi connectivity index (χ2n) is 7.51. The number of amides is 1. The molecule has 0 aromatic heterocycles. The topological polar surface area (TPSA) is 66.9 Å². The van der Waals surface area contributed by atoms with Gasteiger partial charge in [-0.15, -0.1) is 0 Å². The van der Waals surface area contributed by atoms with Crippen molar-refractivity contribution in [2.75, 3.05) is 20.1 Å². The standard InChI is InChI=1S/C21H24Cl2N2O4S/c1-14-11-25(12-15(2)29-14)30(27,28)18-7-5-17(6-8-18)21(26)24(3)13-16-4-9-19(22)20(23)10-16/h4-10,14-15H,11-13H2,1-3H3. The van der Waals surface area contributed by atoms with Crippen LogP contribution in [0.4, 0.5) is 0 Å². The summed E-state index contributed by atoms with van der Waals surface area (Å²) >= 11 is 12.0. The zero-order valence-electron chi connectivity index (χ0n) is 17.0. The predicted octanol–water partition coefficient (Wildman–Crippen LogP) is 4.06. The highest BCUT2D eigenvalue weighted by Gasteiger charge is 2.32. The number of benzene rings is 2. The van der Waals surface area contributed by atoms with Crippen LogP contribution in [0.2, 0.25) is 10.0 Å². The summed E-state index contributed by atoms with van der Waals surface area (Å²) in [5.41, 5.74) is 1.25. The lowest BCUT2D eigenvalue weighted by atomic mass is 10.1. The van der Waals surface area contributed by atoms with Gasteiger partial charge in [0.1, 0.15) is 0 Å². The second kappa shape index (κ2) is 9.24. The van der Waals surface area contributed by atoms with Crippen molar-refractivity contribution < 1.29 is 17.9 Å². The molecule has 6 nitrogen and oxygen atoms in total. The number of ether oxygens (including phenoxy) is 1. The number of morpholine rings is 1. The van der Waals surface area contributed by atoms with E-state index in [9.17, 15) is 13.2 Å². The molecule has 3 rings (SSSR count). The van der Waals surface area contributed by atoms with Crippen molar-refractivity contribution in [2.45, 2.75) is 37.5 Å². The maximum Gasteiger partial charge on any atom is 0.253 e. The normalized spacial score (nSPS) is 20.2. The number of nitrogens with zero attached hydrogens (tertiary/aromatic N) is 2. The molecular formula is C21H24Cl2N2O4S. The van der Waals surface area contributed by atoms with Crippen molar-refractivity contribution in [2.24, 2.45) is 0 Å². The van der Waals surface area contributed by atoms with Crippen LogP contribution in [0, 0.1) is 0 Å². The van der Waals surface area contributed by atoms with Gasteiger partial charge in [-0.25, -0.2) is 8.42 Å². The molecule has 2 atom stereocenters. The van der Waals surface area contributed by atoms with E-state index in [0.717, 1.165) is 5.56 Å². The summed E-state index contributed by atoms with van der Waals surface area (Å²) in [5, 5.41) is 0.881. The van der Waals surface area contributed by atoms with E-state index in [-0.39, 0.29) is 23.0 Å². The predicted molar refractivity (Wildman–Crippen MR) is 117 cm³/mol. The zero-order valence-corrected chi connectivity index (χ0v) is 19.3. The molecule has 0 bridgehead atoms. The Kier molecular flexibility index (Phi) is 7.09. The minimum absolute atomic E-state index is 0.160. The van der Waals surface area contributed by atoms with Crippen molar-refractivity contribution in [1.29, 1.82) is 0 Å². The molecule has 2 aromatic rings. The third-order valence-corrected chi connectivity index (χ3v) is 7.46. The Morgan fingerprint density at radius 2 is 1.67 bits per heavy atom. The maximum atomic E-state index is 12.9. The lowest BCUT2D eigenvalue weighted by Crippen LogP contribution is -2.48. The molecule has 0 N–H and O–H groups in total. The fourth-order valence-electron chi connectivity index (χ4n) is 3.45. The van der Waals surface area contributed by atoms with Gasteiger partial charge in [0.05, 0.1) is 27.1 Å². The summed E-state index contributed by atoms with van der Waals surface area (Å²) in [5.74, 6) is -0.223. The summed E-state index contributed by atoms with van der Waals surface area (Å²) in [6, 6.07) is 11.2. The Morgan fingerprint density at radius 1 is 1.07 bits per heavy atom. The van der Waals surface area contributed by atoms with Gasteiger partial charge in [-0.1, -0.05) is 29.3 Å². The summed E-state index contributed by atoms with van der Waals surface area (Å²) in [7, 11) is -1.97. The van der Waals surface area contributed by atoms with Crippen molar-refractivity contribution in [3.05, 3.63) is 63.6 Å². The Morgan fingerprint density at radius 3 is 2.23 bits per heavy atom. The van der Waals surface area contributed by atoms with Crippen molar-refractivity contribution >= 4 is 39.1 Å². The molecule has 30 heavy (non-hydrogen) atoms. The van der Waals surface area contributed by atoms with Gasteiger partial charge in [-0.2, -0.15) is 4.31 Å². The van der Waals surface area contributed by atoms with Crippen molar-refractivity contribution in [1.82, 2.24) is 9.21 Å². The van der Waals surface area contributed by atoms with E-state index in [2.05, 4.69) is 0 Å². The quantitative estimate of drug-likeness (QED) is 0.660. The number of carbonyl (C=O) groups excluding carboxylic acids is 1. The van der Waals surface area contributed by atoms with Gasteiger partial charge >= 0.3 is 0 Å². The molecule has 1 aliphatic heterocycles. The fourth-order valence-corrected chi connectivity index (χ4v) is 5.36. The van der Waals surface area contributed by atoms with Gasteiger partial charge in [-0.3, -0.25) is 4.79 Å². The van der Waals surface area contributed by atoms with Gasteiger partial charge in [-0.05, 0) is 55.8 Å². The molecule has 0 radical (unpaired) electrons. The molecule has 9 heteroatoms. The summed E-state index contributed by atoms with van der Waals surface area (Å²) in [4.78, 5) is 14.4. The van der Waals surface area contributed by atoms with Gasteiger partial charge in [0.15, 0.2) is 0 Å². The second-order valence-corrected chi connectivity index (χ2v) is 10.3. The van der Waals surface area contributed by atoms with Crippen LogP contribution >= 0.6 is 23.2 Å². The summed E-state index contributed by atoms with van der Waals surface area (Å²) in [6.07, 6.45) is -0.334. The van der Waals surface area contributed by atoms with Gasteiger partial charge < -0.3 is 9.64 Å². The first-order valence-electron chi connectivity index (χ1n) is 9.53. The number of halogens is 2. The molecule has 0 saturated carbocycles. The van der Waals surface area contributed by atoms with Crippen LogP contribution < -0.4 is 0 Å². The van der Waals surface area contributed by atoms with Crippen LogP contribution in [-0.2, 0) is 21.3 Å². The van der Waals surface area contributed by atoms with Crippen LogP contribution in [0.5, 0.6) is 0 Å². The van der Waals surface area contributed by atoms with Gasteiger partial charge in [0.25, 0.3) is 5.91 Å². The smallest absolute Gasteiger partial charge is 0.253 e. The Balaban J connectivity index is 1.72. The fraction of sp³-hybridized carbons (Fsp3) is 0.381. The third-order valence-electron chi connectivity index (χ3n) is 4.88. The lowest BCUT2D eigenvalue weighted by Gasteiger charge is -2.34. The molecule has 162 valence electrons. The van der Waals surface area contributed by atoms with E-state index in [1.165, 1.54) is 33.5 Å². The highest BCUT2D eigenvalue weighted by molar-refractivity contribution is 7.89. The number of carbonyl (C=O) groups is 1. The van der Waals surface area contributed by atoms with E-state index < -0.39 is 10.0 Å². The molecule has 1 saturated heterocycles. The Bertz CT molecular complexity index is 1020. The van der Waals surface area contributed by atoms with Crippen LogP contribution in [0.25, 0.3) is 0 Å². The first-order valence-corrected chi connectivity index (χ1v) is 11.7. The van der Waals surface area contributed by atoms with E-state index >= 15 is 0 Å². The van der Waals surface area contributed by atoms with Crippen molar-refractivity contribution in [3.63, 3.8) is 0 Å². The number of rotatable bonds is 5. The molecule has 0 aliphatic carbocycles. The highest BCUT2D eigenvalue weighted by Crippen LogP contribution is 2.24. The van der Waals surface area contributed by atoms with Crippen LogP contribution in [0.3, 0.4) is 0 Å². The highest BCUT2D eigenvalue weighted by atomic mass is 35.5. The molecule has 1 aliphatic rings. The minimum Gasteiger partial charge on any atom is -0.373 e. The summed E-state index contributed by atoms with van der Waals surface area (Å²) in [6.45, 7) is 4.66. The van der Waals surface area contributed by atoms with E-state index in [0.29, 0.717) is 35.2 Å². The molecule has 2 unspecified atom stereocenters. The first-order chi connectivity index (χ1) is 14.1. The molecule has 1 amide bonds. The third kappa shape index (κ3) is 5.15. The number of sulfonamides is 1. The van der Waals surface area contributed by atoms with Crippen LogP contribution in [-0.4, -0.2) is 55.9 Å². The number of hydrogen-bond donors (Lipinski definition) is 0. The Labute approximate surface area is 187 Å². The van der Waals surface area contributed by atoms with Crippen LogP contribution in [0.1, 0.15) is 29.8 Å². The van der Waals surface area contributed by atoms with E-state index in [4.69, 9.17) is 27.9 Å². The largest absolute Gasteiger partial charge is 0.373 e. The van der Waals surface area contributed by atoms with Crippen molar-refractivity contribution in [3.8, 4) is 0 Å².